The summed E-state index contributed by atoms with van der Waals surface area (Å²) in [5.41, 5.74) is 0.0926. The number of aromatic nitrogens is 1. The quantitative estimate of drug-likeness (QED) is 0.594. The maximum absolute atomic E-state index is 13.3. The van der Waals surface area contributed by atoms with Crippen molar-refractivity contribution in [2.75, 3.05) is 7.05 Å². The van der Waals surface area contributed by atoms with Crippen LogP contribution in [-0.4, -0.2) is 36.3 Å². The van der Waals surface area contributed by atoms with Gasteiger partial charge in [-0.3, -0.25) is 9.59 Å². The van der Waals surface area contributed by atoms with Gasteiger partial charge in [-0.15, -0.1) is 11.3 Å². The van der Waals surface area contributed by atoms with Crippen LogP contribution in [0.5, 0.6) is 0 Å². The summed E-state index contributed by atoms with van der Waals surface area (Å²) >= 11 is 1.52. The minimum Gasteiger partial charge on any atom is -0.350 e. The van der Waals surface area contributed by atoms with Crippen LogP contribution in [0.2, 0.25) is 0 Å². The molecule has 0 radical (unpaired) electrons. The number of nitrogens with one attached hydrogen (secondary N) is 1. The van der Waals surface area contributed by atoms with E-state index in [9.17, 15) is 18.0 Å². The highest BCUT2D eigenvalue weighted by Crippen LogP contribution is 2.27. The minimum atomic E-state index is -3.75. The molecule has 1 aliphatic rings. The SMILES string of the molecule is CN(C1CCCCC1)S(=O)(=O)c1ccc2c(c1)c(=O)c(C(=O)NCc1cccs1)cn2C. The van der Waals surface area contributed by atoms with Crippen LogP contribution in [0.1, 0.15) is 47.3 Å². The maximum Gasteiger partial charge on any atom is 0.257 e. The molecular weight excluding hydrogens is 446 g/mol. The number of carbonyl (C=O) groups excluding carboxylic acids is 1. The second kappa shape index (κ2) is 9.17. The van der Waals surface area contributed by atoms with Gasteiger partial charge in [-0.1, -0.05) is 25.3 Å². The molecule has 1 aromatic carbocycles. The zero-order chi connectivity index (χ0) is 22.9. The van der Waals surface area contributed by atoms with Crippen molar-refractivity contribution in [1.29, 1.82) is 0 Å². The van der Waals surface area contributed by atoms with E-state index in [0.717, 1.165) is 37.0 Å². The summed E-state index contributed by atoms with van der Waals surface area (Å²) in [5.74, 6) is -0.478. The summed E-state index contributed by atoms with van der Waals surface area (Å²) in [4.78, 5) is 26.9. The van der Waals surface area contributed by atoms with Crippen molar-refractivity contribution in [2.45, 2.75) is 49.6 Å². The number of hydrogen-bond donors (Lipinski definition) is 1. The van der Waals surface area contributed by atoms with Crippen LogP contribution in [-0.2, 0) is 23.6 Å². The van der Waals surface area contributed by atoms with Crippen molar-refractivity contribution in [3.8, 4) is 0 Å². The molecule has 170 valence electrons. The van der Waals surface area contributed by atoms with E-state index in [2.05, 4.69) is 5.32 Å². The third kappa shape index (κ3) is 4.37. The Morgan fingerprint density at radius 2 is 1.97 bits per heavy atom. The van der Waals surface area contributed by atoms with Gasteiger partial charge < -0.3 is 9.88 Å². The van der Waals surface area contributed by atoms with Gasteiger partial charge in [0.15, 0.2) is 0 Å². The molecule has 7 nitrogen and oxygen atoms in total. The molecule has 3 aromatic rings. The van der Waals surface area contributed by atoms with Crippen LogP contribution >= 0.6 is 11.3 Å². The lowest BCUT2D eigenvalue weighted by atomic mass is 9.96. The van der Waals surface area contributed by atoms with Crippen molar-refractivity contribution in [2.24, 2.45) is 7.05 Å². The van der Waals surface area contributed by atoms with Crippen LogP contribution in [0.25, 0.3) is 10.9 Å². The largest absolute Gasteiger partial charge is 0.350 e. The minimum absolute atomic E-state index is 0.00765. The molecule has 1 aliphatic carbocycles. The number of hydrogen-bond acceptors (Lipinski definition) is 5. The number of thiophene rings is 1. The fourth-order valence-corrected chi connectivity index (χ4v) is 6.36. The number of sulfonamides is 1. The third-order valence-electron chi connectivity index (χ3n) is 6.17. The molecule has 1 fully saturated rings. The fraction of sp³-hybridized carbons (Fsp3) is 0.391. The second-order valence-corrected chi connectivity index (χ2v) is 11.3. The summed E-state index contributed by atoms with van der Waals surface area (Å²) in [6.07, 6.45) is 6.36. The first-order valence-corrected chi connectivity index (χ1v) is 13.0. The van der Waals surface area contributed by atoms with E-state index in [1.807, 2.05) is 17.5 Å². The van der Waals surface area contributed by atoms with Gasteiger partial charge in [0.25, 0.3) is 5.91 Å². The fourth-order valence-electron chi connectivity index (χ4n) is 4.28. The first-order chi connectivity index (χ1) is 15.3. The van der Waals surface area contributed by atoms with Gasteiger partial charge in [0.1, 0.15) is 5.56 Å². The molecule has 1 saturated carbocycles. The number of fused-ring (bicyclic) bond motifs is 1. The van der Waals surface area contributed by atoms with Crippen LogP contribution in [0, 0.1) is 0 Å². The van der Waals surface area contributed by atoms with E-state index in [4.69, 9.17) is 0 Å². The first kappa shape index (κ1) is 22.7. The summed E-state index contributed by atoms with van der Waals surface area (Å²) < 4.78 is 29.6. The van der Waals surface area contributed by atoms with Crippen molar-refractivity contribution in [1.82, 2.24) is 14.2 Å². The lowest BCUT2D eigenvalue weighted by Gasteiger charge is -2.30. The number of nitrogens with zero attached hydrogens (tertiary/aromatic N) is 2. The van der Waals surface area contributed by atoms with Gasteiger partial charge in [-0.05, 0) is 42.5 Å². The Morgan fingerprint density at radius 3 is 2.66 bits per heavy atom. The van der Waals surface area contributed by atoms with Crippen molar-refractivity contribution < 1.29 is 13.2 Å². The van der Waals surface area contributed by atoms with E-state index in [1.165, 1.54) is 34.0 Å². The average molecular weight is 474 g/mol. The van der Waals surface area contributed by atoms with Gasteiger partial charge in [0.2, 0.25) is 15.5 Å². The Morgan fingerprint density at radius 1 is 1.22 bits per heavy atom. The molecule has 4 rings (SSSR count). The number of amides is 1. The summed E-state index contributed by atoms with van der Waals surface area (Å²) in [7, 11) is -0.397. The molecular formula is C23H27N3O4S2. The topological polar surface area (TPSA) is 88.5 Å². The van der Waals surface area contributed by atoms with Crippen LogP contribution in [0.4, 0.5) is 0 Å². The van der Waals surface area contributed by atoms with E-state index in [-0.39, 0.29) is 21.9 Å². The smallest absolute Gasteiger partial charge is 0.257 e. The Labute approximate surface area is 191 Å². The Bertz CT molecular complexity index is 1290. The normalized spacial score (nSPS) is 15.3. The first-order valence-electron chi connectivity index (χ1n) is 10.7. The van der Waals surface area contributed by atoms with E-state index in [1.54, 1.807) is 24.7 Å². The Hall–Kier alpha value is -2.49. The molecule has 1 amide bonds. The zero-order valence-electron chi connectivity index (χ0n) is 18.2. The standard InChI is InChI=1S/C23H27N3O4S2/c1-25-15-20(23(28)24-14-17-9-6-12-31-17)22(27)19-13-18(10-11-21(19)25)32(29,30)26(2)16-7-4-3-5-8-16/h6,9-13,15-16H,3-5,7-8,14H2,1-2H3,(H,24,28). The number of carbonyl (C=O) groups is 1. The lowest BCUT2D eigenvalue weighted by Crippen LogP contribution is -2.38. The third-order valence-corrected chi connectivity index (χ3v) is 8.96. The van der Waals surface area contributed by atoms with Gasteiger partial charge in [0, 0.05) is 36.6 Å². The van der Waals surface area contributed by atoms with Gasteiger partial charge in [-0.2, -0.15) is 4.31 Å². The van der Waals surface area contributed by atoms with Gasteiger partial charge in [0.05, 0.1) is 17.0 Å². The number of pyridine rings is 1. The zero-order valence-corrected chi connectivity index (χ0v) is 19.8. The van der Waals surface area contributed by atoms with Crippen molar-refractivity contribution in [3.63, 3.8) is 0 Å². The van der Waals surface area contributed by atoms with Crippen LogP contribution < -0.4 is 10.7 Å². The van der Waals surface area contributed by atoms with Gasteiger partial charge >= 0.3 is 0 Å². The molecule has 9 heteroatoms. The monoisotopic (exact) mass is 473 g/mol. The van der Waals surface area contributed by atoms with Crippen LogP contribution in [0.15, 0.2) is 51.6 Å². The van der Waals surface area contributed by atoms with Crippen molar-refractivity contribution in [3.05, 3.63) is 62.6 Å². The number of rotatable bonds is 6. The molecule has 0 atom stereocenters. The Kier molecular flexibility index (Phi) is 6.50. The van der Waals surface area contributed by atoms with E-state index in [0.29, 0.717) is 12.1 Å². The Balaban J connectivity index is 1.68. The lowest BCUT2D eigenvalue weighted by molar-refractivity contribution is 0.0949. The number of benzene rings is 1. The second-order valence-electron chi connectivity index (χ2n) is 8.24. The molecule has 0 aliphatic heterocycles. The predicted octanol–water partition coefficient (Wildman–Crippen LogP) is 3.48. The molecule has 0 unspecified atom stereocenters. The maximum atomic E-state index is 13.3. The molecule has 2 aromatic heterocycles. The van der Waals surface area contributed by atoms with Gasteiger partial charge in [-0.25, -0.2) is 8.42 Å². The highest BCUT2D eigenvalue weighted by molar-refractivity contribution is 7.89. The molecule has 32 heavy (non-hydrogen) atoms. The van der Waals surface area contributed by atoms with E-state index >= 15 is 0 Å². The molecule has 1 N–H and O–H groups in total. The summed E-state index contributed by atoms with van der Waals surface area (Å²) in [6, 6.07) is 8.35. The number of aryl methyl sites for hydroxylation is 1. The highest BCUT2D eigenvalue weighted by Gasteiger charge is 2.29. The highest BCUT2D eigenvalue weighted by atomic mass is 32.2. The summed E-state index contributed by atoms with van der Waals surface area (Å²) in [6.45, 7) is 0.332. The molecule has 0 spiro atoms. The van der Waals surface area contributed by atoms with Crippen LogP contribution in [0.3, 0.4) is 0 Å². The predicted molar refractivity (Wildman–Crippen MR) is 127 cm³/mol. The summed E-state index contributed by atoms with van der Waals surface area (Å²) in [5, 5.41) is 4.91. The van der Waals surface area contributed by atoms with Crippen molar-refractivity contribution >= 4 is 38.2 Å². The molecule has 2 heterocycles. The molecule has 0 saturated heterocycles. The molecule has 0 bridgehead atoms. The van der Waals surface area contributed by atoms with E-state index < -0.39 is 21.4 Å². The average Bonchev–Trinajstić information content (AvgIpc) is 3.33.